The predicted molar refractivity (Wildman–Crippen MR) is 95.3 cm³/mol. The van der Waals surface area contributed by atoms with Gasteiger partial charge in [-0.3, -0.25) is 14.4 Å². The van der Waals surface area contributed by atoms with Crippen molar-refractivity contribution >= 4 is 29.1 Å². The van der Waals surface area contributed by atoms with Crippen molar-refractivity contribution in [2.24, 2.45) is 0 Å². The van der Waals surface area contributed by atoms with Crippen molar-refractivity contribution < 1.29 is 23.9 Å². The first-order valence-corrected chi connectivity index (χ1v) is 8.80. The van der Waals surface area contributed by atoms with Crippen LogP contribution >= 0.6 is 11.3 Å². The molecule has 0 bridgehead atoms. The van der Waals surface area contributed by atoms with Crippen LogP contribution in [0.3, 0.4) is 0 Å². The molecule has 1 aromatic heterocycles. The third kappa shape index (κ3) is 5.66. The Kier molecular flexibility index (Phi) is 6.85. The van der Waals surface area contributed by atoms with E-state index in [0.717, 1.165) is 4.88 Å². The molecule has 3 N–H and O–H groups in total. The van der Waals surface area contributed by atoms with Crippen LogP contribution in [0.4, 0.5) is 4.39 Å². The number of carboxylic acid groups (broad SMARTS) is 1. The third-order valence-electron chi connectivity index (χ3n) is 3.73. The van der Waals surface area contributed by atoms with Crippen molar-refractivity contribution in [1.82, 2.24) is 10.6 Å². The molecule has 2 aromatic rings. The zero-order valence-electron chi connectivity index (χ0n) is 14.1. The lowest BCUT2D eigenvalue weighted by molar-refractivity contribution is -0.138. The van der Waals surface area contributed by atoms with Gasteiger partial charge >= 0.3 is 5.97 Å². The van der Waals surface area contributed by atoms with Gasteiger partial charge in [-0.05, 0) is 29.1 Å². The topological polar surface area (TPSA) is 95.5 Å². The molecule has 2 atom stereocenters. The Morgan fingerprint density at radius 2 is 1.88 bits per heavy atom. The van der Waals surface area contributed by atoms with E-state index >= 15 is 0 Å². The number of thiophene rings is 1. The average molecular weight is 378 g/mol. The minimum atomic E-state index is -1.12. The van der Waals surface area contributed by atoms with E-state index in [1.807, 2.05) is 17.5 Å². The molecule has 2 rings (SSSR count). The number of carbonyl (C=O) groups is 3. The number of aliphatic carboxylic acids is 1. The average Bonchev–Trinajstić information content (AvgIpc) is 3.10. The van der Waals surface area contributed by atoms with Crippen molar-refractivity contribution in [3.8, 4) is 0 Å². The van der Waals surface area contributed by atoms with Crippen LogP contribution < -0.4 is 10.6 Å². The molecule has 138 valence electrons. The summed E-state index contributed by atoms with van der Waals surface area (Å²) in [7, 11) is 0. The zero-order valence-corrected chi connectivity index (χ0v) is 14.9. The molecule has 2 amide bonds. The highest BCUT2D eigenvalue weighted by molar-refractivity contribution is 7.10. The second kappa shape index (κ2) is 9.10. The Bertz CT molecular complexity index is 762. The number of nitrogens with one attached hydrogen (secondary N) is 2. The van der Waals surface area contributed by atoms with Gasteiger partial charge in [-0.25, -0.2) is 4.39 Å². The summed E-state index contributed by atoms with van der Waals surface area (Å²) in [6.45, 7) is 1.24. The lowest BCUT2D eigenvalue weighted by Gasteiger charge is -2.18. The smallest absolute Gasteiger partial charge is 0.312 e. The van der Waals surface area contributed by atoms with E-state index in [1.54, 1.807) is 0 Å². The quantitative estimate of drug-likeness (QED) is 0.657. The van der Waals surface area contributed by atoms with Crippen molar-refractivity contribution in [3.63, 3.8) is 0 Å². The molecule has 0 spiro atoms. The molecule has 0 fully saturated rings. The molecule has 6 nitrogen and oxygen atoms in total. The summed E-state index contributed by atoms with van der Waals surface area (Å²) < 4.78 is 13.0. The fourth-order valence-corrected chi connectivity index (χ4v) is 3.25. The zero-order chi connectivity index (χ0) is 19.1. The molecule has 26 heavy (non-hydrogen) atoms. The molecule has 0 saturated carbocycles. The summed E-state index contributed by atoms with van der Waals surface area (Å²) in [5.74, 6) is -3.21. The normalized spacial score (nSPS) is 12.8. The number of carboxylic acids is 1. The fraction of sp³-hybridized carbons (Fsp3) is 0.278. The molecule has 0 aliphatic heterocycles. The predicted octanol–water partition coefficient (Wildman–Crippen LogP) is 2.44. The van der Waals surface area contributed by atoms with Crippen LogP contribution in [-0.4, -0.2) is 29.4 Å². The molecule has 0 saturated heterocycles. The van der Waals surface area contributed by atoms with E-state index in [4.69, 9.17) is 0 Å². The number of hydrogen-bond acceptors (Lipinski definition) is 4. The second-order valence-electron chi connectivity index (χ2n) is 5.72. The minimum absolute atomic E-state index is 0.00412. The number of hydrogen-bond donors (Lipinski definition) is 3. The maximum atomic E-state index is 13.0. The van der Waals surface area contributed by atoms with Crippen LogP contribution in [0.2, 0.25) is 0 Å². The summed E-state index contributed by atoms with van der Waals surface area (Å²) in [5, 5.41) is 16.5. The van der Waals surface area contributed by atoms with E-state index in [2.05, 4.69) is 10.6 Å². The Morgan fingerprint density at radius 1 is 1.19 bits per heavy atom. The van der Waals surface area contributed by atoms with E-state index in [-0.39, 0.29) is 24.8 Å². The summed E-state index contributed by atoms with van der Waals surface area (Å²) >= 11 is 1.42. The molecule has 0 aliphatic rings. The van der Waals surface area contributed by atoms with Crippen LogP contribution in [0.15, 0.2) is 41.8 Å². The number of rotatable bonds is 8. The minimum Gasteiger partial charge on any atom is -0.481 e. The largest absolute Gasteiger partial charge is 0.481 e. The van der Waals surface area contributed by atoms with Crippen molar-refractivity contribution in [2.75, 3.05) is 6.54 Å². The highest BCUT2D eigenvalue weighted by Gasteiger charge is 2.23. The Morgan fingerprint density at radius 3 is 2.42 bits per heavy atom. The SMILES string of the molecule is CC(=O)NC(CC(=O)NCC(C(=O)O)c1ccc(F)cc1)c1cccs1. The molecular formula is C18H19FN2O4S. The number of benzene rings is 1. The first kappa shape index (κ1) is 19.6. The van der Waals surface area contributed by atoms with Crippen molar-refractivity contribution in [1.29, 1.82) is 0 Å². The van der Waals surface area contributed by atoms with Crippen molar-refractivity contribution in [3.05, 3.63) is 58.0 Å². The van der Waals surface area contributed by atoms with Crippen LogP contribution in [0.5, 0.6) is 0 Å². The standard InChI is InChI=1S/C18H19FN2O4S/c1-11(22)21-15(16-3-2-8-26-16)9-17(23)20-10-14(18(24)25)12-4-6-13(19)7-5-12/h2-8,14-15H,9-10H2,1H3,(H,20,23)(H,21,22)(H,24,25). The molecule has 1 heterocycles. The Hall–Kier alpha value is -2.74. The molecule has 2 unspecified atom stereocenters. The van der Waals surface area contributed by atoms with Gasteiger partial charge in [0.25, 0.3) is 0 Å². The maximum Gasteiger partial charge on any atom is 0.312 e. The molecule has 0 radical (unpaired) electrons. The van der Waals surface area contributed by atoms with Gasteiger partial charge in [0.15, 0.2) is 0 Å². The lowest BCUT2D eigenvalue weighted by atomic mass is 9.99. The Labute approximate surface area is 154 Å². The van der Waals surface area contributed by atoms with Crippen molar-refractivity contribution in [2.45, 2.75) is 25.3 Å². The fourth-order valence-electron chi connectivity index (χ4n) is 2.47. The molecule has 1 aromatic carbocycles. The van der Waals surface area contributed by atoms with Gasteiger partial charge in [0.05, 0.1) is 18.4 Å². The van der Waals surface area contributed by atoms with Crippen LogP contribution in [-0.2, 0) is 14.4 Å². The summed E-state index contributed by atoms with van der Waals surface area (Å²) in [6.07, 6.45) is -0.00412. The summed E-state index contributed by atoms with van der Waals surface area (Å²) in [5.41, 5.74) is 0.399. The van der Waals surface area contributed by atoms with Crippen LogP contribution in [0.25, 0.3) is 0 Å². The van der Waals surface area contributed by atoms with Gasteiger partial charge in [0.1, 0.15) is 5.82 Å². The highest BCUT2D eigenvalue weighted by Crippen LogP contribution is 2.22. The van der Waals surface area contributed by atoms with Gasteiger partial charge in [-0.15, -0.1) is 11.3 Å². The van der Waals surface area contributed by atoms with Gasteiger partial charge in [-0.2, -0.15) is 0 Å². The third-order valence-corrected chi connectivity index (χ3v) is 4.71. The first-order chi connectivity index (χ1) is 12.4. The molecule has 0 aliphatic carbocycles. The number of amides is 2. The number of halogens is 1. The second-order valence-corrected chi connectivity index (χ2v) is 6.70. The van der Waals surface area contributed by atoms with Gasteiger partial charge < -0.3 is 15.7 Å². The number of carbonyl (C=O) groups excluding carboxylic acids is 2. The molecular weight excluding hydrogens is 359 g/mol. The first-order valence-electron chi connectivity index (χ1n) is 7.92. The lowest BCUT2D eigenvalue weighted by Crippen LogP contribution is -2.35. The van der Waals surface area contributed by atoms with E-state index < -0.39 is 23.7 Å². The van der Waals surface area contributed by atoms with Gasteiger partial charge in [-0.1, -0.05) is 18.2 Å². The monoisotopic (exact) mass is 378 g/mol. The van der Waals surface area contributed by atoms with Crippen LogP contribution in [0.1, 0.15) is 35.7 Å². The van der Waals surface area contributed by atoms with Gasteiger partial charge in [0.2, 0.25) is 11.8 Å². The van der Waals surface area contributed by atoms with E-state index in [9.17, 15) is 23.9 Å². The summed E-state index contributed by atoms with van der Waals surface area (Å²) in [6, 6.07) is 8.28. The van der Waals surface area contributed by atoms with Gasteiger partial charge in [0, 0.05) is 18.3 Å². The Balaban J connectivity index is 1.99. The van der Waals surface area contributed by atoms with Crippen LogP contribution in [0, 0.1) is 5.82 Å². The van der Waals surface area contributed by atoms with E-state index in [0.29, 0.717) is 5.56 Å². The molecule has 8 heteroatoms. The maximum absolute atomic E-state index is 13.0. The summed E-state index contributed by atoms with van der Waals surface area (Å²) in [4.78, 5) is 35.9. The van der Waals surface area contributed by atoms with E-state index in [1.165, 1.54) is 42.5 Å². The highest BCUT2D eigenvalue weighted by atomic mass is 32.1.